The topological polar surface area (TPSA) is 97.0 Å². The first-order valence-corrected chi connectivity index (χ1v) is 12.0. The van der Waals surface area contributed by atoms with Crippen LogP contribution in [-0.2, 0) is 9.59 Å². The Labute approximate surface area is 196 Å². The van der Waals surface area contributed by atoms with Crippen LogP contribution in [0.5, 0.6) is 11.5 Å². The van der Waals surface area contributed by atoms with E-state index in [-0.39, 0.29) is 24.8 Å². The van der Waals surface area contributed by atoms with Crippen LogP contribution in [0, 0.1) is 0 Å². The highest BCUT2D eigenvalue weighted by Gasteiger charge is 2.52. The first-order valence-electron chi connectivity index (χ1n) is 11.1. The number of fused-ring (bicyclic) bond motifs is 1. The number of amides is 4. The van der Waals surface area contributed by atoms with E-state index < -0.39 is 11.6 Å². The van der Waals surface area contributed by atoms with Gasteiger partial charge in [-0.2, -0.15) is 0 Å². The number of carbonyl (C=O) groups excluding carboxylic acids is 3. The van der Waals surface area contributed by atoms with E-state index in [4.69, 9.17) is 9.47 Å². The van der Waals surface area contributed by atoms with E-state index in [1.165, 1.54) is 16.7 Å². The average Bonchev–Trinajstić information content (AvgIpc) is 3.38. The van der Waals surface area contributed by atoms with Crippen LogP contribution >= 0.6 is 11.8 Å². The van der Waals surface area contributed by atoms with Gasteiger partial charge in [0.2, 0.25) is 5.91 Å². The van der Waals surface area contributed by atoms with Gasteiger partial charge in [0, 0.05) is 34.9 Å². The molecule has 2 aromatic carbocycles. The third-order valence-corrected chi connectivity index (χ3v) is 7.22. The molecule has 2 heterocycles. The van der Waals surface area contributed by atoms with Crippen LogP contribution in [0.1, 0.15) is 32.1 Å². The molecule has 0 aromatic heterocycles. The number of hydrogen-bond donors (Lipinski definition) is 2. The Morgan fingerprint density at radius 3 is 2.48 bits per heavy atom. The zero-order chi connectivity index (χ0) is 22.8. The van der Waals surface area contributed by atoms with Crippen molar-refractivity contribution in [1.82, 2.24) is 10.2 Å². The molecule has 1 aliphatic carbocycles. The molecule has 33 heavy (non-hydrogen) atoms. The van der Waals surface area contributed by atoms with Crippen molar-refractivity contribution >= 4 is 35.3 Å². The summed E-state index contributed by atoms with van der Waals surface area (Å²) >= 11 is 1.51. The molecule has 0 bridgehead atoms. The third kappa shape index (κ3) is 4.37. The highest BCUT2D eigenvalue weighted by Crippen LogP contribution is 2.42. The smallest absolute Gasteiger partial charge is 0.325 e. The van der Waals surface area contributed by atoms with Gasteiger partial charge in [0.15, 0.2) is 11.5 Å². The summed E-state index contributed by atoms with van der Waals surface area (Å²) in [6.07, 6.45) is 3.19. The normalized spacial score (nSPS) is 18.5. The molecule has 2 N–H and O–H groups in total. The number of rotatable bonds is 6. The average molecular weight is 468 g/mol. The van der Waals surface area contributed by atoms with E-state index in [1.807, 2.05) is 36.4 Å². The second-order valence-electron chi connectivity index (χ2n) is 8.38. The number of urea groups is 1. The molecule has 172 valence electrons. The van der Waals surface area contributed by atoms with E-state index in [1.54, 1.807) is 6.07 Å². The van der Waals surface area contributed by atoms with Crippen molar-refractivity contribution in [1.29, 1.82) is 0 Å². The number of anilines is 1. The zero-order valence-corrected chi connectivity index (χ0v) is 18.9. The van der Waals surface area contributed by atoms with Crippen LogP contribution in [0.15, 0.2) is 52.3 Å². The van der Waals surface area contributed by atoms with E-state index >= 15 is 0 Å². The molecule has 9 heteroatoms. The maximum absolute atomic E-state index is 12.8. The largest absolute Gasteiger partial charge is 0.486 e. The molecule has 0 atom stereocenters. The molecule has 2 fully saturated rings. The van der Waals surface area contributed by atoms with Crippen molar-refractivity contribution in [3.63, 3.8) is 0 Å². The first kappa shape index (κ1) is 21.6. The maximum atomic E-state index is 12.8. The fourth-order valence-corrected chi connectivity index (χ4v) is 5.42. The minimum Gasteiger partial charge on any atom is -0.486 e. The lowest BCUT2D eigenvalue weighted by atomic mass is 9.98. The highest BCUT2D eigenvalue weighted by atomic mass is 32.2. The fourth-order valence-electron chi connectivity index (χ4n) is 4.49. The number of benzene rings is 2. The second kappa shape index (κ2) is 8.97. The van der Waals surface area contributed by atoms with Crippen LogP contribution < -0.4 is 20.1 Å². The summed E-state index contributed by atoms with van der Waals surface area (Å²) in [6.45, 7) is 0.963. The maximum Gasteiger partial charge on any atom is 0.325 e. The van der Waals surface area contributed by atoms with Gasteiger partial charge in [-0.25, -0.2) is 4.79 Å². The van der Waals surface area contributed by atoms with Crippen molar-refractivity contribution < 1.29 is 23.9 Å². The molecule has 0 unspecified atom stereocenters. The van der Waals surface area contributed by atoms with Gasteiger partial charge in [0.25, 0.3) is 5.91 Å². The lowest BCUT2D eigenvalue weighted by Crippen LogP contribution is -2.44. The number of imide groups is 1. The molecule has 2 aromatic rings. The zero-order valence-electron chi connectivity index (χ0n) is 18.1. The Balaban J connectivity index is 1.29. The van der Waals surface area contributed by atoms with E-state index in [9.17, 15) is 14.4 Å². The SMILES string of the molecule is O=C(CCN1C(=O)NC2(CCCC2)C1=O)Nc1cc2c(cc1Sc1ccccc1)OCCO2. The lowest BCUT2D eigenvalue weighted by Gasteiger charge is -2.22. The number of ether oxygens (including phenoxy) is 2. The summed E-state index contributed by atoms with van der Waals surface area (Å²) in [5.74, 6) is 0.720. The first-order chi connectivity index (χ1) is 16.0. The standard InChI is InChI=1S/C24H25N3O5S/c28-21(8-11-27-22(29)24(26-23(27)30)9-4-5-10-24)25-17-14-18-19(32-13-12-31-18)15-20(17)33-16-6-2-1-3-7-16/h1-3,6-7,14-15H,4-5,8-13H2,(H,25,28)(H,26,30). The van der Waals surface area contributed by atoms with Crippen molar-refractivity contribution in [3.05, 3.63) is 42.5 Å². The fraction of sp³-hybridized carbons (Fsp3) is 0.375. The molecule has 1 saturated carbocycles. The van der Waals surface area contributed by atoms with Crippen molar-refractivity contribution in [2.75, 3.05) is 25.1 Å². The van der Waals surface area contributed by atoms with Crippen LogP contribution in [-0.4, -0.2) is 48.0 Å². The molecule has 2 aliphatic heterocycles. The van der Waals surface area contributed by atoms with Gasteiger partial charge in [0.05, 0.1) is 5.69 Å². The van der Waals surface area contributed by atoms with Crippen molar-refractivity contribution in [3.8, 4) is 11.5 Å². The van der Waals surface area contributed by atoms with E-state index in [0.717, 1.165) is 22.6 Å². The van der Waals surface area contributed by atoms with Gasteiger partial charge in [0.1, 0.15) is 18.8 Å². The van der Waals surface area contributed by atoms with Crippen LogP contribution in [0.2, 0.25) is 0 Å². The number of hydrogen-bond acceptors (Lipinski definition) is 6. The van der Waals surface area contributed by atoms with Crippen molar-refractivity contribution in [2.24, 2.45) is 0 Å². The summed E-state index contributed by atoms with van der Waals surface area (Å²) in [5.41, 5.74) is -0.161. The Kier molecular flexibility index (Phi) is 5.88. The Bertz CT molecular complexity index is 1090. The quantitative estimate of drug-likeness (QED) is 0.628. The summed E-state index contributed by atoms with van der Waals surface area (Å²) in [6, 6.07) is 13.0. The monoisotopic (exact) mass is 467 g/mol. The molecule has 5 rings (SSSR count). The van der Waals surface area contributed by atoms with E-state index in [0.29, 0.717) is 43.2 Å². The predicted octanol–water partition coefficient (Wildman–Crippen LogP) is 3.80. The van der Waals surface area contributed by atoms with Crippen molar-refractivity contribution in [2.45, 2.75) is 47.4 Å². The predicted molar refractivity (Wildman–Crippen MR) is 123 cm³/mol. The third-order valence-electron chi connectivity index (χ3n) is 6.15. The van der Waals surface area contributed by atoms with Gasteiger partial charge in [-0.1, -0.05) is 42.8 Å². The Hall–Kier alpha value is -3.20. The highest BCUT2D eigenvalue weighted by molar-refractivity contribution is 7.99. The molecule has 8 nitrogen and oxygen atoms in total. The summed E-state index contributed by atoms with van der Waals surface area (Å²) in [5, 5.41) is 5.78. The summed E-state index contributed by atoms with van der Waals surface area (Å²) in [7, 11) is 0. The summed E-state index contributed by atoms with van der Waals surface area (Å²) < 4.78 is 11.4. The molecule has 0 radical (unpaired) electrons. The molecule has 1 spiro atoms. The Morgan fingerprint density at radius 1 is 1.06 bits per heavy atom. The number of carbonyl (C=O) groups is 3. The van der Waals surface area contributed by atoms with Crippen LogP contribution in [0.25, 0.3) is 0 Å². The molecular formula is C24H25N3O5S. The number of nitrogens with zero attached hydrogens (tertiary/aromatic N) is 1. The molecule has 4 amide bonds. The number of nitrogens with one attached hydrogen (secondary N) is 2. The molecular weight excluding hydrogens is 442 g/mol. The van der Waals surface area contributed by atoms with E-state index in [2.05, 4.69) is 10.6 Å². The molecule has 3 aliphatic rings. The second-order valence-corrected chi connectivity index (χ2v) is 9.50. The van der Waals surface area contributed by atoms with Crippen LogP contribution in [0.4, 0.5) is 10.5 Å². The van der Waals surface area contributed by atoms with Gasteiger partial charge in [-0.3, -0.25) is 14.5 Å². The minimum absolute atomic E-state index is 0.0130. The van der Waals surface area contributed by atoms with Gasteiger partial charge in [-0.05, 0) is 25.0 Å². The Morgan fingerprint density at radius 2 is 1.76 bits per heavy atom. The summed E-state index contributed by atoms with van der Waals surface area (Å²) in [4.78, 5) is 41.0. The molecule has 1 saturated heterocycles. The van der Waals surface area contributed by atoms with Crippen LogP contribution in [0.3, 0.4) is 0 Å². The van der Waals surface area contributed by atoms with Gasteiger partial charge >= 0.3 is 6.03 Å². The van der Waals surface area contributed by atoms with Gasteiger partial charge < -0.3 is 20.1 Å². The van der Waals surface area contributed by atoms with Gasteiger partial charge in [-0.15, -0.1) is 0 Å². The minimum atomic E-state index is -0.761. The lowest BCUT2D eigenvalue weighted by molar-refractivity contribution is -0.131.